The molecule has 1 N–H and O–H groups in total. The Morgan fingerprint density at radius 3 is 3.00 bits per heavy atom. The van der Waals surface area contributed by atoms with E-state index >= 15 is 0 Å². The van der Waals surface area contributed by atoms with Crippen molar-refractivity contribution in [2.75, 3.05) is 39.4 Å². The maximum atomic E-state index is 12.0. The van der Waals surface area contributed by atoms with Crippen LogP contribution >= 0.6 is 11.6 Å². The number of halogens is 1. The zero-order valence-electron chi connectivity index (χ0n) is 12.3. The standard InChI is InChI=1S/C15H19ClN4O2/c16-13-2-1-3-14-12(13)10-18-20(14)11-15(21)17-4-5-19-6-8-22-9-7-19/h1-3,10H,4-9,11H2,(H,17,21). The molecule has 0 bridgehead atoms. The zero-order valence-corrected chi connectivity index (χ0v) is 13.1. The van der Waals surface area contributed by atoms with Crippen LogP contribution in [0.1, 0.15) is 0 Å². The summed E-state index contributed by atoms with van der Waals surface area (Å²) < 4.78 is 6.97. The van der Waals surface area contributed by atoms with Gasteiger partial charge in [0.05, 0.1) is 29.9 Å². The van der Waals surface area contributed by atoms with Crippen molar-refractivity contribution in [1.29, 1.82) is 0 Å². The lowest BCUT2D eigenvalue weighted by atomic mass is 10.2. The van der Waals surface area contributed by atoms with E-state index in [-0.39, 0.29) is 12.5 Å². The van der Waals surface area contributed by atoms with Crippen LogP contribution in [0.3, 0.4) is 0 Å². The number of carbonyl (C=O) groups excluding carboxylic acids is 1. The fourth-order valence-corrected chi connectivity index (χ4v) is 2.78. The van der Waals surface area contributed by atoms with E-state index in [1.807, 2.05) is 18.2 Å². The van der Waals surface area contributed by atoms with Gasteiger partial charge in [0.2, 0.25) is 5.91 Å². The van der Waals surface area contributed by atoms with Gasteiger partial charge in [0.15, 0.2) is 0 Å². The molecular weight excluding hydrogens is 304 g/mol. The van der Waals surface area contributed by atoms with Crippen LogP contribution in [0.15, 0.2) is 24.4 Å². The summed E-state index contributed by atoms with van der Waals surface area (Å²) in [6, 6.07) is 5.59. The van der Waals surface area contributed by atoms with Crippen LogP contribution in [0, 0.1) is 0 Å². The first-order chi connectivity index (χ1) is 10.7. The molecule has 0 spiro atoms. The van der Waals surface area contributed by atoms with Crippen molar-refractivity contribution in [3.8, 4) is 0 Å². The molecule has 7 heteroatoms. The molecule has 118 valence electrons. The molecule has 0 unspecified atom stereocenters. The molecule has 0 atom stereocenters. The predicted molar refractivity (Wildman–Crippen MR) is 85.0 cm³/mol. The minimum absolute atomic E-state index is 0.0433. The normalized spacial score (nSPS) is 16.0. The number of benzene rings is 1. The summed E-state index contributed by atoms with van der Waals surface area (Å²) in [5, 5.41) is 8.69. The fraction of sp³-hybridized carbons (Fsp3) is 0.467. The van der Waals surface area contributed by atoms with Crippen molar-refractivity contribution in [1.82, 2.24) is 20.0 Å². The molecule has 22 heavy (non-hydrogen) atoms. The van der Waals surface area contributed by atoms with Gasteiger partial charge in [-0.2, -0.15) is 5.10 Å². The quantitative estimate of drug-likeness (QED) is 0.897. The molecule has 6 nitrogen and oxygen atoms in total. The highest BCUT2D eigenvalue weighted by Crippen LogP contribution is 2.22. The average Bonchev–Trinajstić information content (AvgIpc) is 2.93. The van der Waals surface area contributed by atoms with Crippen molar-refractivity contribution < 1.29 is 9.53 Å². The third-order valence-electron chi connectivity index (χ3n) is 3.78. The average molecular weight is 323 g/mol. The molecule has 1 aliphatic heterocycles. The molecule has 0 aliphatic carbocycles. The third kappa shape index (κ3) is 3.58. The maximum absolute atomic E-state index is 12.0. The summed E-state index contributed by atoms with van der Waals surface area (Å²) in [6.45, 7) is 5.09. The lowest BCUT2D eigenvalue weighted by Gasteiger charge is -2.26. The van der Waals surface area contributed by atoms with Crippen LogP contribution in [0.4, 0.5) is 0 Å². The number of ether oxygens (including phenoxy) is 1. The van der Waals surface area contributed by atoms with Gasteiger partial charge in [-0.3, -0.25) is 14.4 Å². The van der Waals surface area contributed by atoms with Gasteiger partial charge in [-0.25, -0.2) is 0 Å². The lowest BCUT2D eigenvalue weighted by molar-refractivity contribution is -0.121. The highest BCUT2D eigenvalue weighted by molar-refractivity contribution is 6.35. The van der Waals surface area contributed by atoms with Crippen molar-refractivity contribution in [3.05, 3.63) is 29.4 Å². The van der Waals surface area contributed by atoms with Crippen LogP contribution in [-0.2, 0) is 16.1 Å². The topological polar surface area (TPSA) is 59.4 Å². The Kier molecular flexibility index (Phi) is 4.92. The molecule has 3 rings (SSSR count). The second kappa shape index (κ2) is 7.09. The smallest absolute Gasteiger partial charge is 0.241 e. The summed E-state index contributed by atoms with van der Waals surface area (Å²) in [4.78, 5) is 14.3. The van der Waals surface area contributed by atoms with E-state index < -0.39 is 0 Å². The highest BCUT2D eigenvalue weighted by Gasteiger charge is 2.11. The number of carbonyl (C=O) groups is 1. The summed E-state index contributed by atoms with van der Waals surface area (Å²) in [5.41, 5.74) is 0.871. The Morgan fingerprint density at radius 1 is 1.36 bits per heavy atom. The minimum Gasteiger partial charge on any atom is -0.379 e. The zero-order chi connectivity index (χ0) is 15.4. The van der Waals surface area contributed by atoms with Crippen molar-refractivity contribution >= 4 is 28.4 Å². The second-order valence-electron chi connectivity index (χ2n) is 5.28. The van der Waals surface area contributed by atoms with Gasteiger partial charge in [0.25, 0.3) is 0 Å². The lowest BCUT2D eigenvalue weighted by Crippen LogP contribution is -2.41. The Bertz CT molecular complexity index is 652. The van der Waals surface area contributed by atoms with Crippen LogP contribution in [-0.4, -0.2) is 60.0 Å². The molecule has 1 aromatic heterocycles. The van der Waals surface area contributed by atoms with Crippen LogP contribution < -0.4 is 5.32 Å². The Morgan fingerprint density at radius 2 is 2.18 bits per heavy atom. The first-order valence-electron chi connectivity index (χ1n) is 7.41. The Labute approximate surface area is 134 Å². The summed E-state index contributed by atoms with van der Waals surface area (Å²) in [5.74, 6) is -0.0433. The fourth-order valence-electron chi connectivity index (χ4n) is 2.56. The number of amides is 1. The maximum Gasteiger partial charge on any atom is 0.241 e. The van der Waals surface area contributed by atoms with E-state index in [0.29, 0.717) is 11.6 Å². The molecular formula is C15H19ClN4O2. The minimum atomic E-state index is -0.0433. The van der Waals surface area contributed by atoms with Crippen LogP contribution in [0.2, 0.25) is 5.02 Å². The van der Waals surface area contributed by atoms with E-state index in [0.717, 1.165) is 43.8 Å². The number of hydrogen-bond acceptors (Lipinski definition) is 4. The number of rotatable bonds is 5. The number of morpholine rings is 1. The Balaban J connectivity index is 1.51. The molecule has 1 amide bonds. The number of aromatic nitrogens is 2. The van der Waals surface area contributed by atoms with E-state index in [9.17, 15) is 4.79 Å². The second-order valence-corrected chi connectivity index (χ2v) is 5.69. The van der Waals surface area contributed by atoms with Crippen LogP contribution in [0.25, 0.3) is 10.9 Å². The van der Waals surface area contributed by atoms with Gasteiger partial charge in [0.1, 0.15) is 6.54 Å². The van der Waals surface area contributed by atoms with Gasteiger partial charge in [0, 0.05) is 31.6 Å². The van der Waals surface area contributed by atoms with Gasteiger partial charge in [-0.15, -0.1) is 0 Å². The van der Waals surface area contributed by atoms with Gasteiger partial charge in [-0.1, -0.05) is 17.7 Å². The van der Waals surface area contributed by atoms with Crippen molar-refractivity contribution in [2.45, 2.75) is 6.54 Å². The van der Waals surface area contributed by atoms with Crippen LogP contribution in [0.5, 0.6) is 0 Å². The van der Waals surface area contributed by atoms with E-state index in [4.69, 9.17) is 16.3 Å². The SMILES string of the molecule is O=C(Cn1ncc2c(Cl)cccc21)NCCN1CCOCC1. The summed E-state index contributed by atoms with van der Waals surface area (Å²) in [7, 11) is 0. The molecule has 2 heterocycles. The largest absolute Gasteiger partial charge is 0.379 e. The predicted octanol–water partition coefficient (Wildman–Crippen LogP) is 1.14. The molecule has 0 radical (unpaired) electrons. The van der Waals surface area contributed by atoms with Gasteiger partial charge in [-0.05, 0) is 12.1 Å². The number of nitrogens with one attached hydrogen (secondary N) is 1. The first kappa shape index (κ1) is 15.3. The molecule has 0 saturated carbocycles. The van der Waals surface area contributed by atoms with E-state index in [1.54, 1.807) is 10.9 Å². The first-order valence-corrected chi connectivity index (χ1v) is 7.78. The Hall–Kier alpha value is -1.63. The third-order valence-corrected chi connectivity index (χ3v) is 4.11. The summed E-state index contributed by atoms with van der Waals surface area (Å²) >= 11 is 6.11. The number of nitrogens with zero attached hydrogens (tertiary/aromatic N) is 3. The van der Waals surface area contributed by atoms with E-state index in [2.05, 4.69) is 15.3 Å². The number of fused-ring (bicyclic) bond motifs is 1. The summed E-state index contributed by atoms with van der Waals surface area (Å²) in [6.07, 6.45) is 1.69. The van der Waals surface area contributed by atoms with Crippen molar-refractivity contribution in [3.63, 3.8) is 0 Å². The van der Waals surface area contributed by atoms with E-state index in [1.165, 1.54) is 0 Å². The van der Waals surface area contributed by atoms with Gasteiger partial charge >= 0.3 is 0 Å². The molecule has 2 aromatic rings. The highest BCUT2D eigenvalue weighted by atomic mass is 35.5. The van der Waals surface area contributed by atoms with Gasteiger partial charge < -0.3 is 10.1 Å². The van der Waals surface area contributed by atoms with Crippen molar-refractivity contribution in [2.24, 2.45) is 0 Å². The molecule has 1 fully saturated rings. The molecule has 1 aliphatic rings. The molecule has 1 saturated heterocycles. The molecule has 1 aromatic carbocycles. The monoisotopic (exact) mass is 322 g/mol. The number of hydrogen-bond donors (Lipinski definition) is 1.